The van der Waals surface area contributed by atoms with Crippen LogP contribution < -0.4 is 5.73 Å². The van der Waals surface area contributed by atoms with Crippen LogP contribution in [0.5, 0.6) is 0 Å². The standard InChI is InChI=1S/C16H24BrNO/c1-12-6-7-13(14(17)10-12)15(19)16(11-18)8-4-2-3-5-9-16/h6-7,10,15,19H,2-5,8-9,11,18H2,1H3. The van der Waals surface area contributed by atoms with E-state index in [0.29, 0.717) is 6.54 Å². The molecule has 1 unspecified atom stereocenters. The molecule has 2 nitrogen and oxygen atoms in total. The molecule has 0 bridgehead atoms. The molecule has 0 aliphatic heterocycles. The maximum atomic E-state index is 10.9. The van der Waals surface area contributed by atoms with Gasteiger partial charge in [-0.05, 0) is 37.0 Å². The first kappa shape index (κ1) is 15.0. The van der Waals surface area contributed by atoms with Crippen LogP contribution in [0.4, 0.5) is 0 Å². The number of aliphatic hydroxyl groups is 1. The Bertz CT molecular complexity index is 425. The molecular weight excluding hydrogens is 302 g/mol. The predicted octanol–water partition coefficient (Wildman–Crippen LogP) is 4.09. The summed E-state index contributed by atoms with van der Waals surface area (Å²) in [7, 11) is 0. The maximum absolute atomic E-state index is 10.9. The summed E-state index contributed by atoms with van der Waals surface area (Å²) >= 11 is 3.59. The molecule has 1 atom stereocenters. The van der Waals surface area contributed by atoms with Crippen LogP contribution in [0.1, 0.15) is 55.8 Å². The fraction of sp³-hybridized carbons (Fsp3) is 0.625. The van der Waals surface area contributed by atoms with E-state index < -0.39 is 6.10 Å². The average molecular weight is 326 g/mol. The van der Waals surface area contributed by atoms with E-state index >= 15 is 0 Å². The van der Waals surface area contributed by atoms with Gasteiger partial charge < -0.3 is 10.8 Å². The molecule has 1 saturated carbocycles. The Balaban J connectivity index is 2.31. The van der Waals surface area contributed by atoms with Crippen LogP contribution in [-0.4, -0.2) is 11.7 Å². The summed E-state index contributed by atoms with van der Waals surface area (Å²) in [5.41, 5.74) is 8.09. The van der Waals surface area contributed by atoms with Crippen LogP contribution in [0.3, 0.4) is 0 Å². The van der Waals surface area contributed by atoms with Crippen molar-refractivity contribution in [1.82, 2.24) is 0 Å². The van der Waals surface area contributed by atoms with Gasteiger partial charge >= 0.3 is 0 Å². The zero-order valence-corrected chi connectivity index (χ0v) is 13.2. The van der Waals surface area contributed by atoms with Crippen LogP contribution in [0.15, 0.2) is 22.7 Å². The van der Waals surface area contributed by atoms with Gasteiger partial charge in [0.15, 0.2) is 0 Å². The molecule has 0 radical (unpaired) electrons. The third-order valence-electron chi connectivity index (χ3n) is 4.54. The monoisotopic (exact) mass is 325 g/mol. The van der Waals surface area contributed by atoms with E-state index in [1.54, 1.807) is 0 Å². The van der Waals surface area contributed by atoms with Gasteiger partial charge in [-0.2, -0.15) is 0 Å². The number of halogens is 1. The van der Waals surface area contributed by atoms with E-state index in [-0.39, 0.29) is 5.41 Å². The van der Waals surface area contributed by atoms with Gasteiger partial charge in [0.1, 0.15) is 0 Å². The van der Waals surface area contributed by atoms with Gasteiger partial charge in [-0.25, -0.2) is 0 Å². The number of nitrogens with two attached hydrogens (primary N) is 1. The van der Waals surface area contributed by atoms with Crippen molar-refractivity contribution in [2.75, 3.05) is 6.54 Å². The molecule has 19 heavy (non-hydrogen) atoms. The molecule has 0 aromatic heterocycles. The highest BCUT2D eigenvalue weighted by atomic mass is 79.9. The molecule has 106 valence electrons. The lowest BCUT2D eigenvalue weighted by Crippen LogP contribution is -2.36. The topological polar surface area (TPSA) is 46.2 Å². The third kappa shape index (κ3) is 3.21. The first-order chi connectivity index (χ1) is 9.09. The Morgan fingerprint density at radius 2 is 1.89 bits per heavy atom. The smallest absolute Gasteiger partial charge is 0.0869 e. The lowest BCUT2D eigenvalue weighted by molar-refractivity contribution is 0.0161. The van der Waals surface area contributed by atoms with Crippen molar-refractivity contribution < 1.29 is 5.11 Å². The van der Waals surface area contributed by atoms with Gasteiger partial charge in [-0.15, -0.1) is 0 Å². The fourth-order valence-corrected chi connectivity index (χ4v) is 3.92. The van der Waals surface area contributed by atoms with Crippen LogP contribution in [0.2, 0.25) is 0 Å². The molecule has 1 aromatic rings. The third-order valence-corrected chi connectivity index (χ3v) is 5.22. The summed E-state index contributed by atoms with van der Waals surface area (Å²) in [4.78, 5) is 0. The van der Waals surface area contributed by atoms with Gasteiger partial charge in [0, 0.05) is 16.4 Å². The number of rotatable bonds is 3. The molecule has 0 saturated heterocycles. The minimum Gasteiger partial charge on any atom is -0.388 e. The van der Waals surface area contributed by atoms with E-state index in [9.17, 15) is 5.11 Å². The quantitative estimate of drug-likeness (QED) is 0.822. The zero-order valence-electron chi connectivity index (χ0n) is 11.7. The second-order valence-corrected chi connectivity index (χ2v) is 6.76. The molecular formula is C16H24BrNO. The minimum atomic E-state index is -0.467. The fourth-order valence-electron chi connectivity index (χ4n) is 3.21. The Kier molecular flexibility index (Phi) is 5.04. The molecule has 1 aliphatic rings. The van der Waals surface area contributed by atoms with Crippen LogP contribution in [0.25, 0.3) is 0 Å². The highest BCUT2D eigenvalue weighted by Gasteiger charge is 2.38. The zero-order chi connectivity index (χ0) is 13.9. The Morgan fingerprint density at radius 1 is 1.26 bits per heavy atom. The molecule has 0 spiro atoms. The first-order valence-corrected chi connectivity index (χ1v) is 8.02. The lowest BCUT2D eigenvalue weighted by atomic mass is 9.73. The molecule has 2 rings (SSSR count). The first-order valence-electron chi connectivity index (χ1n) is 7.23. The van der Waals surface area contributed by atoms with Crippen LogP contribution >= 0.6 is 15.9 Å². The molecule has 3 N–H and O–H groups in total. The van der Waals surface area contributed by atoms with Crippen molar-refractivity contribution in [1.29, 1.82) is 0 Å². The summed E-state index contributed by atoms with van der Waals surface area (Å²) in [6.45, 7) is 2.62. The Labute approximate surface area is 124 Å². The molecule has 1 aromatic carbocycles. The van der Waals surface area contributed by atoms with Crippen LogP contribution in [-0.2, 0) is 0 Å². The van der Waals surface area contributed by atoms with Crippen molar-refractivity contribution in [2.24, 2.45) is 11.1 Å². The normalized spacial score (nSPS) is 20.8. The number of aliphatic hydroxyl groups excluding tert-OH is 1. The maximum Gasteiger partial charge on any atom is 0.0869 e. The summed E-state index contributed by atoms with van der Waals surface area (Å²) in [5.74, 6) is 0. The second-order valence-electron chi connectivity index (χ2n) is 5.91. The summed E-state index contributed by atoms with van der Waals surface area (Å²) < 4.78 is 0.997. The SMILES string of the molecule is Cc1ccc(C(O)C2(CN)CCCCCC2)c(Br)c1. The van der Waals surface area contributed by atoms with Gasteiger partial charge in [0.25, 0.3) is 0 Å². The van der Waals surface area contributed by atoms with Crippen molar-refractivity contribution in [3.05, 3.63) is 33.8 Å². The largest absolute Gasteiger partial charge is 0.388 e. The second kappa shape index (κ2) is 6.38. The molecule has 0 heterocycles. The van der Waals surface area contributed by atoms with Gasteiger partial charge in [0.2, 0.25) is 0 Å². The summed E-state index contributed by atoms with van der Waals surface area (Å²) in [6.07, 6.45) is 6.49. The van der Waals surface area contributed by atoms with Gasteiger partial charge in [-0.3, -0.25) is 0 Å². The van der Waals surface area contributed by atoms with E-state index in [2.05, 4.69) is 35.0 Å². The van der Waals surface area contributed by atoms with Gasteiger partial charge in [0.05, 0.1) is 6.10 Å². The lowest BCUT2D eigenvalue weighted by Gasteiger charge is -2.37. The van der Waals surface area contributed by atoms with E-state index in [1.807, 2.05) is 6.07 Å². The molecule has 3 heteroatoms. The van der Waals surface area contributed by atoms with Crippen molar-refractivity contribution in [2.45, 2.75) is 51.6 Å². The highest BCUT2D eigenvalue weighted by molar-refractivity contribution is 9.10. The minimum absolute atomic E-state index is 0.145. The van der Waals surface area contributed by atoms with Crippen LogP contribution in [0, 0.1) is 12.3 Å². The number of aryl methyl sites for hydroxylation is 1. The summed E-state index contributed by atoms with van der Waals surface area (Å²) in [5, 5.41) is 10.9. The Hall–Kier alpha value is -0.380. The Morgan fingerprint density at radius 3 is 2.42 bits per heavy atom. The van der Waals surface area contributed by atoms with Gasteiger partial charge in [-0.1, -0.05) is 53.7 Å². The van der Waals surface area contributed by atoms with Crippen molar-refractivity contribution in [3.63, 3.8) is 0 Å². The molecule has 1 aliphatic carbocycles. The number of hydrogen-bond donors (Lipinski definition) is 2. The summed E-state index contributed by atoms with van der Waals surface area (Å²) in [6, 6.07) is 6.16. The number of hydrogen-bond acceptors (Lipinski definition) is 2. The average Bonchev–Trinajstić information content (AvgIpc) is 2.64. The molecule has 1 fully saturated rings. The molecule has 0 amide bonds. The van der Waals surface area contributed by atoms with E-state index in [1.165, 1.54) is 31.2 Å². The predicted molar refractivity (Wildman–Crippen MR) is 83.0 cm³/mol. The highest BCUT2D eigenvalue weighted by Crippen LogP contribution is 2.45. The number of benzene rings is 1. The van der Waals surface area contributed by atoms with E-state index in [0.717, 1.165) is 22.9 Å². The van der Waals surface area contributed by atoms with E-state index in [4.69, 9.17) is 5.73 Å². The van der Waals surface area contributed by atoms with Crippen molar-refractivity contribution in [3.8, 4) is 0 Å². The van der Waals surface area contributed by atoms with Crippen molar-refractivity contribution >= 4 is 15.9 Å².